The van der Waals surface area contributed by atoms with Gasteiger partial charge in [0.1, 0.15) is 30.1 Å². The van der Waals surface area contributed by atoms with Crippen molar-refractivity contribution in [3.63, 3.8) is 0 Å². The van der Waals surface area contributed by atoms with Crippen LogP contribution in [0.1, 0.15) is 18.0 Å². The Labute approximate surface area is 180 Å². The van der Waals surface area contributed by atoms with Gasteiger partial charge in [-0.25, -0.2) is 9.97 Å². The number of aliphatic hydroxyl groups excluding tert-OH is 1. The largest absolute Gasteiger partial charge is 0.489 e. The van der Waals surface area contributed by atoms with E-state index in [1.165, 1.54) is 6.33 Å². The molecule has 1 saturated heterocycles. The Morgan fingerprint density at radius 1 is 1.10 bits per heavy atom. The van der Waals surface area contributed by atoms with Crippen molar-refractivity contribution >= 4 is 16.9 Å². The third kappa shape index (κ3) is 3.85. The first-order valence-electron chi connectivity index (χ1n) is 10.5. The number of nitrogens with one attached hydrogen (secondary N) is 1. The highest BCUT2D eigenvalue weighted by molar-refractivity contribution is 6.00. The fraction of sp³-hybridized carbons (Fsp3) is 0.250. The lowest BCUT2D eigenvalue weighted by molar-refractivity contribution is 0.253. The van der Waals surface area contributed by atoms with Gasteiger partial charge in [0.2, 0.25) is 0 Å². The summed E-state index contributed by atoms with van der Waals surface area (Å²) in [4.78, 5) is 8.74. The van der Waals surface area contributed by atoms with E-state index in [1.54, 1.807) is 0 Å². The SMILES string of the molecule is Nc1ncnc2c1c(-c1ccc(OCc3ccccc3)cc1)cn2[C@@H]1CN[C@@H](CO)C1. The van der Waals surface area contributed by atoms with Gasteiger partial charge in [0.15, 0.2) is 0 Å². The molecule has 0 spiro atoms. The maximum Gasteiger partial charge on any atom is 0.146 e. The topological polar surface area (TPSA) is 98.2 Å². The molecule has 7 heteroatoms. The lowest BCUT2D eigenvalue weighted by atomic mass is 10.1. The molecule has 158 valence electrons. The Hall–Kier alpha value is -3.42. The zero-order chi connectivity index (χ0) is 21.2. The summed E-state index contributed by atoms with van der Waals surface area (Å²) in [6.07, 6.45) is 4.45. The molecule has 0 amide bonds. The van der Waals surface area contributed by atoms with Gasteiger partial charge in [-0.1, -0.05) is 42.5 Å². The van der Waals surface area contributed by atoms with Crippen LogP contribution in [-0.4, -0.2) is 38.8 Å². The Balaban J connectivity index is 1.44. The van der Waals surface area contributed by atoms with Gasteiger partial charge in [-0.15, -0.1) is 0 Å². The fourth-order valence-electron chi connectivity index (χ4n) is 4.23. The third-order valence-corrected chi connectivity index (χ3v) is 5.86. The summed E-state index contributed by atoms with van der Waals surface area (Å²) in [7, 11) is 0. The zero-order valence-corrected chi connectivity index (χ0v) is 17.1. The first-order chi connectivity index (χ1) is 15.2. The summed E-state index contributed by atoms with van der Waals surface area (Å²) in [5.74, 6) is 1.28. The van der Waals surface area contributed by atoms with Crippen LogP contribution in [0.15, 0.2) is 67.1 Å². The van der Waals surface area contributed by atoms with E-state index < -0.39 is 0 Å². The Morgan fingerprint density at radius 2 is 1.90 bits per heavy atom. The predicted octanol–water partition coefficient (Wildman–Crippen LogP) is 3.15. The molecule has 1 fully saturated rings. The molecule has 1 aliphatic heterocycles. The van der Waals surface area contributed by atoms with Gasteiger partial charge in [-0.2, -0.15) is 0 Å². The molecule has 2 aromatic heterocycles. The maximum absolute atomic E-state index is 9.48. The minimum absolute atomic E-state index is 0.103. The number of aromatic nitrogens is 3. The average molecular weight is 415 g/mol. The summed E-state index contributed by atoms with van der Waals surface area (Å²) in [6, 6.07) is 18.4. The van der Waals surface area contributed by atoms with E-state index in [4.69, 9.17) is 10.5 Å². The van der Waals surface area contributed by atoms with Crippen molar-refractivity contribution in [2.75, 3.05) is 18.9 Å². The fourth-order valence-corrected chi connectivity index (χ4v) is 4.23. The van der Waals surface area contributed by atoms with Crippen LogP contribution in [0, 0.1) is 0 Å². The number of ether oxygens (including phenoxy) is 1. The molecule has 0 unspecified atom stereocenters. The number of nitrogens with zero attached hydrogens (tertiary/aromatic N) is 3. The number of hydrogen-bond acceptors (Lipinski definition) is 6. The van der Waals surface area contributed by atoms with E-state index >= 15 is 0 Å². The Bertz CT molecular complexity index is 1170. The van der Waals surface area contributed by atoms with E-state index in [0.717, 1.165) is 46.4 Å². The Morgan fingerprint density at radius 3 is 2.65 bits per heavy atom. The summed E-state index contributed by atoms with van der Waals surface area (Å²) < 4.78 is 8.08. The molecule has 31 heavy (non-hydrogen) atoms. The average Bonchev–Trinajstić information content (AvgIpc) is 3.44. The zero-order valence-electron chi connectivity index (χ0n) is 17.1. The Kier molecular flexibility index (Phi) is 5.28. The molecule has 5 rings (SSSR count). The van der Waals surface area contributed by atoms with Crippen LogP contribution < -0.4 is 15.8 Å². The number of fused-ring (bicyclic) bond motifs is 1. The maximum atomic E-state index is 9.48. The molecule has 0 aliphatic carbocycles. The molecule has 2 aromatic carbocycles. The number of rotatable bonds is 6. The van der Waals surface area contributed by atoms with Gasteiger partial charge < -0.3 is 25.5 Å². The van der Waals surface area contributed by atoms with Gasteiger partial charge in [0, 0.05) is 30.4 Å². The lowest BCUT2D eigenvalue weighted by Crippen LogP contribution is -2.24. The van der Waals surface area contributed by atoms with Gasteiger partial charge in [-0.3, -0.25) is 0 Å². The minimum Gasteiger partial charge on any atom is -0.489 e. The number of aliphatic hydroxyl groups is 1. The molecule has 7 nitrogen and oxygen atoms in total. The van der Waals surface area contributed by atoms with E-state index in [9.17, 15) is 5.11 Å². The molecule has 0 saturated carbocycles. The van der Waals surface area contributed by atoms with Crippen LogP contribution >= 0.6 is 0 Å². The lowest BCUT2D eigenvalue weighted by Gasteiger charge is -2.12. The third-order valence-electron chi connectivity index (χ3n) is 5.86. The molecule has 3 heterocycles. The van der Waals surface area contributed by atoms with Crippen molar-refractivity contribution < 1.29 is 9.84 Å². The van der Waals surface area contributed by atoms with Crippen molar-refractivity contribution in [2.24, 2.45) is 0 Å². The summed E-state index contributed by atoms with van der Waals surface area (Å²) in [5, 5.41) is 13.7. The second kappa shape index (κ2) is 8.37. The van der Waals surface area contributed by atoms with Crippen LogP contribution in [0.5, 0.6) is 5.75 Å². The highest BCUT2D eigenvalue weighted by Crippen LogP contribution is 2.36. The van der Waals surface area contributed by atoms with E-state index in [1.807, 2.05) is 54.6 Å². The van der Waals surface area contributed by atoms with Crippen LogP contribution in [0.2, 0.25) is 0 Å². The predicted molar refractivity (Wildman–Crippen MR) is 121 cm³/mol. The highest BCUT2D eigenvalue weighted by atomic mass is 16.5. The monoisotopic (exact) mass is 415 g/mol. The van der Waals surface area contributed by atoms with Crippen LogP contribution in [0.3, 0.4) is 0 Å². The second-order valence-electron chi connectivity index (χ2n) is 7.88. The molecule has 2 atom stereocenters. The van der Waals surface area contributed by atoms with Gasteiger partial charge in [0.25, 0.3) is 0 Å². The van der Waals surface area contributed by atoms with Crippen LogP contribution in [0.4, 0.5) is 5.82 Å². The molecular formula is C24H25N5O2. The van der Waals surface area contributed by atoms with Gasteiger partial charge in [0.05, 0.1) is 12.0 Å². The molecule has 4 N–H and O–H groups in total. The number of benzene rings is 2. The summed E-state index contributed by atoms with van der Waals surface area (Å²) >= 11 is 0. The molecular weight excluding hydrogens is 390 g/mol. The number of nitrogen functional groups attached to an aromatic ring is 1. The normalized spacial score (nSPS) is 18.5. The first kappa shape index (κ1) is 19.5. The van der Waals surface area contributed by atoms with Gasteiger partial charge in [-0.05, 0) is 29.7 Å². The minimum atomic E-state index is 0.103. The van der Waals surface area contributed by atoms with Crippen molar-refractivity contribution in [1.82, 2.24) is 19.9 Å². The number of anilines is 1. The van der Waals surface area contributed by atoms with Crippen LogP contribution in [-0.2, 0) is 6.61 Å². The number of nitrogens with two attached hydrogens (primary N) is 1. The highest BCUT2D eigenvalue weighted by Gasteiger charge is 2.27. The number of hydrogen-bond donors (Lipinski definition) is 3. The van der Waals surface area contributed by atoms with E-state index in [2.05, 4.69) is 26.0 Å². The van der Waals surface area contributed by atoms with Crippen molar-refractivity contribution in [1.29, 1.82) is 0 Å². The van der Waals surface area contributed by atoms with Crippen molar-refractivity contribution in [2.45, 2.75) is 25.1 Å². The van der Waals surface area contributed by atoms with Crippen LogP contribution in [0.25, 0.3) is 22.2 Å². The van der Waals surface area contributed by atoms with E-state index in [0.29, 0.717) is 12.4 Å². The van der Waals surface area contributed by atoms with Crippen molar-refractivity contribution in [3.8, 4) is 16.9 Å². The van der Waals surface area contributed by atoms with E-state index in [-0.39, 0.29) is 18.7 Å². The summed E-state index contributed by atoms with van der Waals surface area (Å²) in [6.45, 7) is 1.44. The smallest absolute Gasteiger partial charge is 0.146 e. The molecule has 4 aromatic rings. The quantitative estimate of drug-likeness (QED) is 0.448. The molecule has 0 radical (unpaired) electrons. The molecule has 1 aliphatic rings. The second-order valence-corrected chi connectivity index (χ2v) is 7.88. The van der Waals surface area contributed by atoms with Crippen molar-refractivity contribution in [3.05, 3.63) is 72.7 Å². The first-order valence-corrected chi connectivity index (χ1v) is 10.5. The van der Waals surface area contributed by atoms with Gasteiger partial charge >= 0.3 is 0 Å². The molecule has 0 bridgehead atoms. The standard InChI is InChI=1S/C24H25N5O2/c25-23-22-21(12-29(24(22)28-15-27-23)19-10-18(13-30)26-11-19)17-6-8-20(9-7-17)31-14-16-4-2-1-3-5-16/h1-9,12,15,18-19,26,30H,10-11,13-14H2,(H2,25,27,28)/t18-,19+/m1/s1. The summed E-state index contributed by atoms with van der Waals surface area (Å²) in [5.41, 5.74) is 10.2.